The Morgan fingerprint density at radius 3 is 2.74 bits per heavy atom. The highest BCUT2D eigenvalue weighted by Gasteiger charge is 2.26. The number of aromatic nitrogens is 3. The summed E-state index contributed by atoms with van der Waals surface area (Å²) in [6.45, 7) is 2.04. The topological polar surface area (TPSA) is 87.8 Å². The molecule has 3 heterocycles. The highest BCUT2D eigenvalue weighted by Crippen LogP contribution is 2.32. The van der Waals surface area contributed by atoms with Gasteiger partial charge in [0.15, 0.2) is 17.3 Å². The largest absolute Gasteiger partial charge is 0.493 e. The van der Waals surface area contributed by atoms with E-state index in [1.54, 1.807) is 55.4 Å². The fourth-order valence-electron chi connectivity index (χ4n) is 3.00. The lowest BCUT2D eigenvalue weighted by molar-refractivity contribution is -0.137. The smallest absolute Gasteiger partial charge is 0.340 e. The fraction of sp³-hybridized carbons (Fsp3) is 0.238. The van der Waals surface area contributed by atoms with Gasteiger partial charge in [-0.1, -0.05) is 23.9 Å². The third kappa shape index (κ3) is 4.35. The Bertz CT molecular complexity index is 1150. The lowest BCUT2D eigenvalue weighted by Crippen LogP contribution is -2.21. The number of methoxy groups -OCH3 is 2. The number of nitrogens with zero attached hydrogens (tertiary/aromatic N) is 4. The van der Waals surface area contributed by atoms with E-state index in [0.717, 1.165) is 10.4 Å². The minimum absolute atomic E-state index is 0.265. The Kier molecular flexibility index (Phi) is 6.38. The van der Waals surface area contributed by atoms with Crippen molar-refractivity contribution >= 4 is 40.9 Å². The van der Waals surface area contributed by atoms with E-state index in [1.807, 2.05) is 23.6 Å². The molecule has 0 N–H and O–H groups in total. The van der Waals surface area contributed by atoms with Crippen LogP contribution in [0.5, 0.6) is 11.5 Å². The number of hydrogen-bond acceptors (Lipinski definition) is 9. The van der Waals surface area contributed by atoms with Gasteiger partial charge in [-0.25, -0.2) is 4.79 Å². The molecule has 8 nitrogen and oxygen atoms in total. The highest BCUT2D eigenvalue weighted by molar-refractivity contribution is 7.99. The van der Waals surface area contributed by atoms with Gasteiger partial charge in [0.05, 0.1) is 37.0 Å². The van der Waals surface area contributed by atoms with Crippen LogP contribution in [-0.2, 0) is 9.53 Å². The molecule has 1 aliphatic rings. The maximum absolute atomic E-state index is 12.8. The van der Waals surface area contributed by atoms with Crippen LogP contribution < -0.4 is 9.47 Å². The zero-order valence-electron chi connectivity index (χ0n) is 17.2. The first kappa shape index (κ1) is 21.1. The lowest BCUT2D eigenvalue weighted by Gasteiger charge is -2.16. The van der Waals surface area contributed by atoms with Crippen LogP contribution in [0.3, 0.4) is 0 Å². The van der Waals surface area contributed by atoms with Crippen LogP contribution in [0, 0.1) is 0 Å². The van der Waals surface area contributed by atoms with Gasteiger partial charge in [0.1, 0.15) is 0 Å². The predicted molar refractivity (Wildman–Crippen MR) is 121 cm³/mol. The van der Waals surface area contributed by atoms with E-state index in [9.17, 15) is 4.79 Å². The Labute approximate surface area is 187 Å². The van der Waals surface area contributed by atoms with Gasteiger partial charge < -0.3 is 14.2 Å². The van der Waals surface area contributed by atoms with Crippen LogP contribution in [-0.4, -0.2) is 53.1 Å². The summed E-state index contributed by atoms with van der Waals surface area (Å²) in [5.74, 6) is 1.86. The maximum Gasteiger partial charge on any atom is 0.340 e. The van der Waals surface area contributed by atoms with E-state index in [1.165, 1.54) is 11.8 Å². The van der Waals surface area contributed by atoms with E-state index in [-0.39, 0.29) is 6.61 Å². The molecule has 0 radical (unpaired) electrons. The molecule has 160 valence electrons. The molecular formula is C21H20N4O4S2. The monoisotopic (exact) mass is 456 g/mol. The first-order valence-electron chi connectivity index (χ1n) is 9.45. The van der Waals surface area contributed by atoms with Crippen molar-refractivity contribution in [2.24, 2.45) is 5.10 Å². The minimum Gasteiger partial charge on any atom is -0.493 e. The van der Waals surface area contributed by atoms with Crippen molar-refractivity contribution in [3.8, 4) is 22.2 Å². The molecule has 10 heteroatoms. The van der Waals surface area contributed by atoms with Crippen molar-refractivity contribution in [1.82, 2.24) is 14.9 Å². The van der Waals surface area contributed by atoms with E-state index in [0.29, 0.717) is 39.5 Å². The molecule has 0 unspecified atom stereocenters. The number of esters is 1. The van der Waals surface area contributed by atoms with Crippen molar-refractivity contribution in [2.75, 3.05) is 26.6 Å². The Morgan fingerprint density at radius 2 is 2.03 bits per heavy atom. The molecule has 2 aromatic heterocycles. The lowest BCUT2D eigenvalue weighted by atomic mass is 10.1. The summed E-state index contributed by atoms with van der Waals surface area (Å²) >= 11 is 3.03. The average molecular weight is 457 g/mol. The van der Waals surface area contributed by atoms with E-state index in [2.05, 4.69) is 10.2 Å². The van der Waals surface area contributed by atoms with E-state index < -0.39 is 5.97 Å². The second-order valence-corrected chi connectivity index (χ2v) is 8.21. The number of thioether (sulfide) groups is 1. The van der Waals surface area contributed by atoms with Gasteiger partial charge in [-0.2, -0.15) is 9.78 Å². The molecule has 0 amide bonds. The van der Waals surface area contributed by atoms with E-state index >= 15 is 0 Å². The molecule has 1 aliphatic heterocycles. The Morgan fingerprint density at radius 1 is 1.19 bits per heavy atom. The van der Waals surface area contributed by atoms with Gasteiger partial charge in [0, 0.05) is 5.75 Å². The normalized spacial score (nSPS) is 13.4. The van der Waals surface area contributed by atoms with Crippen LogP contribution >= 0.6 is 23.1 Å². The molecule has 31 heavy (non-hydrogen) atoms. The molecule has 0 spiro atoms. The standard InChI is InChI=1S/C21H20N4O4S2/c1-4-29-20(26)14(10-13-7-8-16(27-2)17(11-13)28-3)15-12-31-21-23-22-19(25(21)24-15)18-6-5-9-30-18/h5-11H,4,12H2,1-3H3/b14-10-. The zero-order chi connectivity index (χ0) is 21.8. The summed E-state index contributed by atoms with van der Waals surface area (Å²) in [6, 6.07) is 9.34. The third-order valence-electron chi connectivity index (χ3n) is 4.44. The van der Waals surface area contributed by atoms with Crippen LogP contribution in [0.4, 0.5) is 0 Å². The summed E-state index contributed by atoms with van der Waals surface area (Å²) in [5.41, 5.74) is 1.72. The number of thiophene rings is 1. The van der Waals surface area contributed by atoms with Crippen molar-refractivity contribution in [3.05, 3.63) is 46.8 Å². The van der Waals surface area contributed by atoms with Gasteiger partial charge in [-0.15, -0.1) is 21.5 Å². The first-order chi connectivity index (χ1) is 15.1. The first-order valence-corrected chi connectivity index (χ1v) is 11.3. The van der Waals surface area contributed by atoms with Gasteiger partial charge in [-0.3, -0.25) is 0 Å². The third-order valence-corrected chi connectivity index (χ3v) is 6.23. The van der Waals surface area contributed by atoms with Crippen LogP contribution in [0.2, 0.25) is 0 Å². The number of hydrogen-bond donors (Lipinski definition) is 0. The second kappa shape index (κ2) is 9.36. The molecule has 0 aliphatic carbocycles. The highest BCUT2D eigenvalue weighted by atomic mass is 32.2. The Hall–Kier alpha value is -3.11. The summed E-state index contributed by atoms with van der Waals surface area (Å²) in [7, 11) is 3.15. The summed E-state index contributed by atoms with van der Waals surface area (Å²) in [6.07, 6.45) is 1.75. The number of fused-ring (bicyclic) bond motifs is 1. The van der Waals surface area contributed by atoms with Gasteiger partial charge >= 0.3 is 5.97 Å². The number of carbonyl (C=O) groups excluding carboxylic acids is 1. The zero-order valence-corrected chi connectivity index (χ0v) is 18.8. The van der Waals surface area contributed by atoms with Gasteiger partial charge in [0.25, 0.3) is 0 Å². The quantitative estimate of drug-likeness (QED) is 0.392. The molecule has 4 rings (SSSR count). The van der Waals surface area contributed by atoms with Crippen LogP contribution in [0.15, 0.2) is 51.5 Å². The van der Waals surface area contributed by atoms with Gasteiger partial charge in [-0.05, 0) is 42.1 Å². The molecule has 0 bridgehead atoms. The molecule has 0 atom stereocenters. The number of benzene rings is 1. The SMILES string of the molecule is CCOC(=O)/C(=C\c1ccc(OC)c(OC)c1)C1=Nn2c(nnc2-c2cccs2)SC1. The van der Waals surface area contributed by atoms with E-state index in [4.69, 9.17) is 19.3 Å². The molecular weight excluding hydrogens is 436 g/mol. The molecule has 3 aromatic rings. The van der Waals surface area contributed by atoms with Crippen LogP contribution in [0.1, 0.15) is 12.5 Å². The van der Waals surface area contributed by atoms with Crippen LogP contribution in [0.25, 0.3) is 16.8 Å². The van der Waals surface area contributed by atoms with Crippen molar-refractivity contribution in [3.63, 3.8) is 0 Å². The number of rotatable bonds is 7. The van der Waals surface area contributed by atoms with Gasteiger partial charge in [0.2, 0.25) is 5.16 Å². The maximum atomic E-state index is 12.8. The van der Waals surface area contributed by atoms with Crippen molar-refractivity contribution in [2.45, 2.75) is 12.1 Å². The molecule has 1 aromatic carbocycles. The predicted octanol–water partition coefficient (Wildman–Crippen LogP) is 3.98. The summed E-state index contributed by atoms with van der Waals surface area (Å²) in [4.78, 5) is 13.8. The fourth-order valence-corrected chi connectivity index (χ4v) is 4.52. The average Bonchev–Trinajstić information content (AvgIpc) is 3.46. The number of ether oxygens (including phenoxy) is 3. The van der Waals surface area contributed by atoms with Crippen molar-refractivity contribution in [1.29, 1.82) is 0 Å². The minimum atomic E-state index is -0.439. The molecule has 0 saturated carbocycles. The Balaban J connectivity index is 1.78. The number of carbonyl (C=O) groups is 1. The molecule has 0 saturated heterocycles. The summed E-state index contributed by atoms with van der Waals surface area (Å²) < 4.78 is 17.7. The second-order valence-electron chi connectivity index (χ2n) is 6.32. The molecule has 0 fully saturated rings. The van der Waals surface area contributed by atoms with Crippen molar-refractivity contribution < 1.29 is 19.0 Å². The summed E-state index contributed by atoms with van der Waals surface area (Å²) in [5, 5.41) is 15.9.